The van der Waals surface area contributed by atoms with Gasteiger partial charge in [-0.2, -0.15) is 0 Å². The molecule has 2 fully saturated rings. The number of amides is 1. The van der Waals surface area contributed by atoms with Gasteiger partial charge in [0.05, 0.1) is 11.5 Å². The predicted octanol–water partition coefficient (Wildman–Crippen LogP) is 2.69. The molecule has 0 aliphatic carbocycles. The molecule has 0 aromatic heterocycles. The number of rotatable bonds is 6. The van der Waals surface area contributed by atoms with Gasteiger partial charge in [-0.1, -0.05) is 30.3 Å². The fraction of sp³-hybridized carbons (Fsp3) is 0.579. The first-order chi connectivity index (χ1) is 11.7. The second-order valence-corrected chi connectivity index (χ2v) is 7.65. The number of carbonyl (C=O) groups excluding carboxylic acids is 2. The third kappa shape index (κ3) is 4.61. The minimum atomic E-state index is 0.0991. The molecule has 0 spiro atoms. The zero-order valence-corrected chi connectivity index (χ0v) is 15.0. The minimum Gasteiger partial charge on any atom is -0.340 e. The summed E-state index contributed by atoms with van der Waals surface area (Å²) < 4.78 is 0. The molecule has 1 aromatic rings. The highest BCUT2D eigenvalue weighted by Crippen LogP contribution is 2.21. The number of hydrogen-bond donors (Lipinski definition) is 0. The molecule has 1 amide bonds. The largest absolute Gasteiger partial charge is 0.340 e. The van der Waals surface area contributed by atoms with E-state index in [9.17, 15) is 9.59 Å². The van der Waals surface area contributed by atoms with Crippen LogP contribution in [0.25, 0.3) is 0 Å². The minimum absolute atomic E-state index is 0.0991. The summed E-state index contributed by atoms with van der Waals surface area (Å²) in [5.74, 6) is 1.07. The lowest BCUT2D eigenvalue weighted by atomic mass is 10.0. The monoisotopic (exact) mass is 346 g/mol. The molecule has 0 bridgehead atoms. The number of nitrogens with zero attached hydrogens (tertiary/aromatic N) is 2. The first-order valence-corrected chi connectivity index (χ1v) is 10.1. The molecule has 24 heavy (non-hydrogen) atoms. The standard InChI is InChI=1S/C19H26N2O2S/c22-18(16-7-2-1-3-8-16)14-24-15-19(23)21-12-6-9-17(13-21)20-10-4-5-11-20/h1-3,7-8,17H,4-6,9-15H2/t17-/m1/s1. The molecule has 0 saturated carbocycles. The number of hydrogen-bond acceptors (Lipinski definition) is 4. The molecule has 2 aliphatic rings. The number of piperidine rings is 1. The van der Waals surface area contributed by atoms with Gasteiger partial charge in [-0.3, -0.25) is 14.5 Å². The summed E-state index contributed by atoms with van der Waals surface area (Å²) in [6.07, 6.45) is 4.90. The summed E-state index contributed by atoms with van der Waals surface area (Å²) in [4.78, 5) is 29.1. The van der Waals surface area contributed by atoms with E-state index in [1.165, 1.54) is 44.1 Å². The van der Waals surface area contributed by atoms with Crippen LogP contribution < -0.4 is 0 Å². The van der Waals surface area contributed by atoms with Gasteiger partial charge in [0.2, 0.25) is 5.91 Å². The Morgan fingerprint density at radius 1 is 1.00 bits per heavy atom. The molecule has 0 N–H and O–H groups in total. The quantitative estimate of drug-likeness (QED) is 0.743. The van der Waals surface area contributed by atoms with E-state index in [2.05, 4.69) is 4.90 Å². The average Bonchev–Trinajstić information content (AvgIpc) is 3.17. The maximum atomic E-state index is 12.5. The van der Waals surface area contributed by atoms with Crippen molar-refractivity contribution in [3.63, 3.8) is 0 Å². The van der Waals surface area contributed by atoms with E-state index in [1.54, 1.807) is 0 Å². The highest BCUT2D eigenvalue weighted by molar-refractivity contribution is 8.00. The van der Waals surface area contributed by atoms with Crippen molar-refractivity contribution in [1.29, 1.82) is 0 Å². The van der Waals surface area contributed by atoms with Crippen LogP contribution in [-0.2, 0) is 4.79 Å². The molecular formula is C19H26N2O2S. The van der Waals surface area contributed by atoms with Crippen LogP contribution in [-0.4, -0.2) is 65.2 Å². The van der Waals surface area contributed by atoms with Gasteiger partial charge in [-0.05, 0) is 38.8 Å². The Hall–Kier alpha value is -1.33. The van der Waals surface area contributed by atoms with E-state index < -0.39 is 0 Å². The summed E-state index contributed by atoms with van der Waals surface area (Å²) in [6, 6.07) is 9.85. The van der Waals surface area contributed by atoms with E-state index in [1.807, 2.05) is 35.2 Å². The van der Waals surface area contributed by atoms with Gasteiger partial charge in [-0.25, -0.2) is 0 Å². The zero-order valence-electron chi connectivity index (χ0n) is 14.2. The Morgan fingerprint density at radius 2 is 1.75 bits per heavy atom. The van der Waals surface area contributed by atoms with Gasteiger partial charge >= 0.3 is 0 Å². The molecule has 1 aromatic carbocycles. The molecule has 0 radical (unpaired) electrons. The molecule has 1 atom stereocenters. The van der Waals surface area contributed by atoms with Crippen LogP contribution in [0.15, 0.2) is 30.3 Å². The Bertz CT molecular complexity index is 558. The van der Waals surface area contributed by atoms with Crippen molar-refractivity contribution >= 4 is 23.5 Å². The van der Waals surface area contributed by atoms with Crippen molar-refractivity contribution in [3.05, 3.63) is 35.9 Å². The maximum Gasteiger partial charge on any atom is 0.232 e. The maximum absolute atomic E-state index is 12.5. The number of thioether (sulfide) groups is 1. The summed E-state index contributed by atoms with van der Waals surface area (Å²) in [6.45, 7) is 4.11. The molecule has 2 aliphatic heterocycles. The van der Waals surface area contributed by atoms with E-state index >= 15 is 0 Å². The number of likely N-dealkylation sites (tertiary alicyclic amines) is 2. The topological polar surface area (TPSA) is 40.6 Å². The van der Waals surface area contributed by atoms with Gasteiger partial charge in [0.25, 0.3) is 0 Å². The molecule has 4 nitrogen and oxygen atoms in total. The number of ketones is 1. The lowest BCUT2D eigenvalue weighted by molar-refractivity contribution is -0.130. The molecule has 2 heterocycles. The lowest BCUT2D eigenvalue weighted by Gasteiger charge is -2.37. The van der Waals surface area contributed by atoms with Gasteiger partial charge in [-0.15, -0.1) is 11.8 Å². The van der Waals surface area contributed by atoms with Crippen LogP contribution >= 0.6 is 11.8 Å². The number of Topliss-reactive ketones (excluding diaryl/α,β-unsaturated/α-hetero) is 1. The third-order valence-corrected chi connectivity index (χ3v) is 5.88. The van der Waals surface area contributed by atoms with E-state index in [4.69, 9.17) is 0 Å². The second-order valence-electron chi connectivity index (χ2n) is 6.66. The zero-order chi connectivity index (χ0) is 16.8. The van der Waals surface area contributed by atoms with Crippen LogP contribution in [0.5, 0.6) is 0 Å². The Morgan fingerprint density at radius 3 is 2.50 bits per heavy atom. The van der Waals surface area contributed by atoms with Crippen molar-refractivity contribution in [2.75, 3.05) is 37.7 Å². The fourth-order valence-electron chi connectivity index (χ4n) is 3.62. The van der Waals surface area contributed by atoms with Crippen LogP contribution in [0.2, 0.25) is 0 Å². The molecule has 2 saturated heterocycles. The normalized spacial score (nSPS) is 21.8. The summed E-state index contributed by atoms with van der Waals surface area (Å²) >= 11 is 1.44. The first-order valence-electron chi connectivity index (χ1n) is 8.92. The van der Waals surface area contributed by atoms with Gasteiger partial charge in [0, 0.05) is 24.7 Å². The van der Waals surface area contributed by atoms with Crippen molar-refractivity contribution in [2.45, 2.75) is 31.7 Å². The van der Waals surface area contributed by atoms with Gasteiger partial charge in [0.1, 0.15) is 0 Å². The molecule has 0 unspecified atom stereocenters. The lowest BCUT2D eigenvalue weighted by Crippen LogP contribution is -2.49. The van der Waals surface area contributed by atoms with Crippen molar-refractivity contribution < 1.29 is 9.59 Å². The number of benzene rings is 1. The van der Waals surface area contributed by atoms with E-state index in [-0.39, 0.29) is 11.7 Å². The van der Waals surface area contributed by atoms with Crippen LogP contribution in [0.1, 0.15) is 36.0 Å². The van der Waals surface area contributed by atoms with Gasteiger partial charge in [0.15, 0.2) is 5.78 Å². The van der Waals surface area contributed by atoms with E-state index in [0.29, 0.717) is 17.5 Å². The molecule has 5 heteroatoms. The SMILES string of the molecule is O=C(CSCC(=O)N1CCC[C@@H](N2CCCC2)C1)c1ccccc1. The van der Waals surface area contributed by atoms with Crippen LogP contribution in [0.3, 0.4) is 0 Å². The Balaban J connectivity index is 1.42. The fourth-order valence-corrected chi connectivity index (χ4v) is 4.43. The molecule has 130 valence electrons. The van der Waals surface area contributed by atoms with Crippen LogP contribution in [0, 0.1) is 0 Å². The highest BCUT2D eigenvalue weighted by Gasteiger charge is 2.29. The smallest absolute Gasteiger partial charge is 0.232 e. The van der Waals surface area contributed by atoms with Crippen LogP contribution in [0.4, 0.5) is 0 Å². The highest BCUT2D eigenvalue weighted by atomic mass is 32.2. The van der Waals surface area contributed by atoms with Crippen molar-refractivity contribution in [3.8, 4) is 0 Å². The summed E-state index contributed by atoms with van der Waals surface area (Å²) in [7, 11) is 0. The second kappa shape index (κ2) is 8.67. The summed E-state index contributed by atoms with van der Waals surface area (Å²) in [5.41, 5.74) is 0.726. The Kier molecular flexibility index (Phi) is 6.32. The van der Waals surface area contributed by atoms with Gasteiger partial charge < -0.3 is 4.90 Å². The average molecular weight is 346 g/mol. The molecule has 3 rings (SSSR count). The Labute approximate surface area is 148 Å². The number of carbonyl (C=O) groups is 2. The third-order valence-electron chi connectivity index (χ3n) is 4.96. The summed E-state index contributed by atoms with van der Waals surface area (Å²) in [5, 5.41) is 0. The first kappa shape index (κ1) is 17.5. The molecular weight excluding hydrogens is 320 g/mol. The van der Waals surface area contributed by atoms with E-state index in [0.717, 1.165) is 25.1 Å². The van der Waals surface area contributed by atoms with Crippen molar-refractivity contribution in [1.82, 2.24) is 9.80 Å². The van der Waals surface area contributed by atoms with Crippen molar-refractivity contribution in [2.24, 2.45) is 0 Å². The predicted molar refractivity (Wildman–Crippen MR) is 98.5 cm³/mol.